The average molecular weight is 927 g/mol. The first-order valence-corrected chi connectivity index (χ1v) is 24.4. The second-order valence-electron chi connectivity index (χ2n) is 18.6. The predicted octanol–water partition coefficient (Wildman–Crippen LogP) is 17.2. The van der Waals surface area contributed by atoms with Gasteiger partial charge in [-0.25, -0.2) is 0 Å². The van der Waals surface area contributed by atoms with Crippen LogP contribution in [0.15, 0.2) is 243 Å². The maximum atomic E-state index is 10.0. The van der Waals surface area contributed by atoms with E-state index in [1.807, 2.05) is 24.3 Å². The number of aliphatic hydroxyl groups is 1. The number of anilines is 6. The lowest BCUT2D eigenvalue weighted by Crippen LogP contribution is -2.10. The summed E-state index contributed by atoms with van der Waals surface area (Å²) in [7, 11) is 1.71. The molecule has 0 spiro atoms. The minimum atomic E-state index is -0.0137. The molecule has 0 amide bonds. The van der Waals surface area contributed by atoms with Gasteiger partial charge in [-0.3, -0.25) is 0 Å². The van der Waals surface area contributed by atoms with Gasteiger partial charge in [-0.15, -0.1) is 0 Å². The quantitative estimate of drug-likeness (QED) is 0.131. The van der Waals surface area contributed by atoms with Crippen LogP contribution in [-0.4, -0.2) is 21.4 Å². The Balaban J connectivity index is 0.870. The van der Waals surface area contributed by atoms with Crippen LogP contribution in [0.1, 0.15) is 5.56 Å². The fourth-order valence-corrected chi connectivity index (χ4v) is 11.3. The summed E-state index contributed by atoms with van der Waals surface area (Å²) < 4.78 is 10.4. The van der Waals surface area contributed by atoms with E-state index in [4.69, 9.17) is 4.74 Å². The normalized spacial score (nSPS) is 11.8. The maximum Gasteiger partial charge on any atom is 0.119 e. The fourth-order valence-electron chi connectivity index (χ4n) is 11.3. The van der Waals surface area contributed by atoms with Gasteiger partial charge < -0.3 is 28.8 Å². The zero-order chi connectivity index (χ0) is 47.9. The molecule has 14 aromatic rings. The summed E-state index contributed by atoms with van der Waals surface area (Å²) in [4.78, 5) is 4.67. The topological polar surface area (TPSA) is 45.8 Å². The lowest BCUT2D eigenvalue weighted by atomic mass is 10.0. The Kier molecular flexibility index (Phi) is 9.63. The van der Waals surface area contributed by atoms with Crippen LogP contribution in [0.5, 0.6) is 5.75 Å². The van der Waals surface area contributed by atoms with E-state index in [0.717, 1.165) is 79.0 Å². The van der Waals surface area contributed by atoms with Crippen molar-refractivity contribution in [3.63, 3.8) is 0 Å². The monoisotopic (exact) mass is 926 g/mol. The van der Waals surface area contributed by atoms with E-state index >= 15 is 0 Å². The molecule has 14 rings (SSSR count). The van der Waals surface area contributed by atoms with Gasteiger partial charge in [0.25, 0.3) is 0 Å². The van der Waals surface area contributed by atoms with Gasteiger partial charge in [0.15, 0.2) is 0 Å². The highest BCUT2D eigenvalue weighted by Crippen LogP contribution is 2.47. The predicted molar refractivity (Wildman–Crippen MR) is 300 cm³/mol. The van der Waals surface area contributed by atoms with Crippen molar-refractivity contribution in [2.75, 3.05) is 16.9 Å². The first-order chi connectivity index (χ1) is 35.6. The zero-order valence-corrected chi connectivity index (χ0v) is 39.4. The molecular formula is C66H46N4O2. The molecule has 6 nitrogen and oxygen atoms in total. The van der Waals surface area contributed by atoms with Crippen molar-refractivity contribution < 1.29 is 9.84 Å². The van der Waals surface area contributed by atoms with Crippen LogP contribution in [0.25, 0.3) is 87.7 Å². The summed E-state index contributed by atoms with van der Waals surface area (Å²) in [5.41, 5.74) is 16.3. The first-order valence-electron chi connectivity index (χ1n) is 24.4. The third-order valence-corrected chi connectivity index (χ3v) is 14.6. The molecule has 1 N–H and O–H groups in total. The van der Waals surface area contributed by atoms with Crippen molar-refractivity contribution in [1.29, 1.82) is 0 Å². The summed E-state index contributed by atoms with van der Waals surface area (Å²) in [6.07, 6.45) is 0. The molecule has 2 heterocycles. The highest BCUT2D eigenvalue weighted by atomic mass is 16.5. The van der Waals surface area contributed by atoms with Gasteiger partial charge in [-0.2, -0.15) is 0 Å². The van der Waals surface area contributed by atoms with E-state index < -0.39 is 0 Å². The molecule has 0 bridgehead atoms. The van der Waals surface area contributed by atoms with Crippen LogP contribution in [0.3, 0.4) is 0 Å². The number of aliphatic hydroxyl groups excluding tert-OH is 1. The average Bonchev–Trinajstić information content (AvgIpc) is 3.97. The molecular weight excluding hydrogens is 881 g/mol. The third kappa shape index (κ3) is 6.61. The Morgan fingerprint density at radius 3 is 1.15 bits per heavy atom. The molecule has 0 unspecified atom stereocenters. The molecule has 72 heavy (non-hydrogen) atoms. The number of hydrogen-bond donors (Lipinski definition) is 1. The second kappa shape index (κ2) is 16.7. The number of para-hydroxylation sites is 2. The molecule has 0 saturated carbocycles. The van der Waals surface area contributed by atoms with E-state index in [1.54, 1.807) is 7.11 Å². The Morgan fingerprint density at radius 2 is 0.736 bits per heavy atom. The molecule has 0 atom stereocenters. The van der Waals surface area contributed by atoms with Crippen molar-refractivity contribution in [2.45, 2.75) is 6.61 Å². The maximum absolute atomic E-state index is 10.0. The second-order valence-corrected chi connectivity index (χ2v) is 18.6. The van der Waals surface area contributed by atoms with E-state index in [-0.39, 0.29) is 6.61 Å². The third-order valence-electron chi connectivity index (χ3n) is 14.6. The number of nitrogens with zero attached hydrogens (tertiary/aromatic N) is 4. The van der Waals surface area contributed by atoms with Crippen LogP contribution in [-0.2, 0) is 6.61 Å². The van der Waals surface area contributed by atoms with Gasteiger partial charge in [0.05, 0.1) is 35.8 Å². The van der Waals surface area contributed by atoms with E-state index in [1.165, 1.54) is 54.1 Å². The van der Waals surface area contributed by atoms with Gasteiger partial charge in [-0.1, -0.05) is 121 Å². The van der Waals surface area contributed by atoms with E-state index in [2.05, 4.69) is 237 Å². The lowest BCUT2D eigenvalue weighted by molar-refractivity contribution is 0.282. The van der Waals surface area contributed by atoms with Crippen molar-refractivity contribution >= 4 is 99.3 Å². The highest BCUT2D eigenvalue weighted by Gasteiger charge is 2.23. The zero-order valence-electron chi connectivity index (χ0n) is 39.4. The van der Waals surface area contributed by atoms with Crippen molar-refractivity contribution in [3.8, 4) is 28.3 Å². The van der Waals surface area contributed by atoms with Gasteiger partial charge >= 0.3 is 0 Å². The van der Waals surface area contributed by atoms with Crippen LogP contribution >= 0.6 is 0 Å². The molecule has 6 heteroatoms. The number of rotatable bonds is 11. The smallest absolute Gasteiger partial charge is 0.119 e. The molecule has 2 aromatic heterocycles. The Hall–Kier alpha value is -9.36. The van der Waals surface area contributed by atoms with Crippen LogP contribution < -0.4 is 14.5 Å². The minimum Gasteiger partial charge on any atom is -0.497 e. The summed E-state index contributed by atoms with van der Waals surface area (Å²) in [6.45, 7) is -0.0137. The lowest BCUT2D eigenvalue weighted by Gasteiger charge is -2.27. The van der Waals surface area contributed by atoms with Crippen molar-refractivity contribution in [2.24, 2.45) is 0 Å². The summed E-state index contributed by atoms with van der Waals surface area (Å²) in [5.74, 6) is 0.810. The number of benzene rings is 12. The van der Waals surface area contributed by atoms with Crippen LogP contribution in [0.4, 0.5) is 34.1 Å². The first kappa shape index (κ1) is 41.6. The van der Waals surface area contributed by atoms with Crippen molar-refractivity contribution in [1.82, 2.24) is 9.13 Å². The molecule has 0 saturated heterocycles. The summed E-state index contributed by atoms with van der Waals surface area (Å²) in [6, 6.07) is 87.2. The Morgan fingerprint density at radius 1 is 0.347 bits per heavy atom. The molecule has 0 aliphatic carbocycles. The Labute approximate surface area is 416 Å². The summed E-state index contributed by atoms with van der Waals surface area (Å²) >= 11 is 0. The van der Waals surface area contributed by atoms with Gasteiger partial charge in [0.2, 0.25) is 0 Å². The van der Waals surface area contributed by atoms with E-state index in [0.29, 0.717) is 0 Å². The molecule has 0 radical (unpaired) electrons. The van der Waals surface area contributed by atoms with Gasteiger partial charge in [-0.05, 0) is 160 Å². The molecule has 12 aromatic carbocycles. The SMILES string of the molecule is COc1ccc(N(c2ccc(-c3ccc(N(c4ccc(CO)cc4)c4cc5ccc6cccc7c6c5c(c4)n7-c4ccccc4)cc3)cc2)c2cc3ccc4cccc5c4c3c(c2)n5-c2ccccc2)cc1. The largest absolute Gasteiger partial charge is 0.497 e. The number of ether oxygens (including phenoxy) is 1. The molecule has 0 aliphatic rings. The number of methoxy groups -OCH3 is 1. The van der Waals surface area contributed by atoms with Gasteiger partial charge in [0, 0.05) is 67.0 Å². The van der Waals surface area contributed by atoms with Gasteiger partial charge in [0.1, 0.15) is 5.75 Å². The molecule has 342 valence electrons. The highest BCUT2D eigenvalue weighted by molar-refractivity contribution is 6.26. The Bertz CT molecular complexity index is 3980. The standard InChI is InChI=1S/C66H46N4O2/c1-72-58-36-34-55(35-37-58)68(57-39-49-23-21-47-11-9-17-60-64(47)66(49)62(41-57)70(60)51-14-6-3-7-15-51)54-32-26-45(27-33-54)44-24-30-53(31-25-44)67(52-28-18-43(42-71)19-29-52)56-38-48-22-20-46-10-8-16-59-63(46)65(48)61(40-56)69(59)50-12-4-2-5-13-50/h2-41,71H,42H2,1H3. The summed E-state index contributed by atoms with van der Waals surface area (Å²) in [5, 5.41) is 20.0. The fraction of sp³-hybridized carbons (Fsp3) is 0.0303. The molecule has 0 aliphatic heterocycles. The van der Waals surface area contributed by atoms with Crippen LogP contribution in [0, 0.1) is 0 Å². The van der Waals surface area contributed by atoms with E-state index in [9.17, 15) is 5.11 Å². The number of aromatic nitrogens is 2. The minimum absolute atomic E-state index is 0.0137. The number of hydrogen-bond acceptors (Lipinski definition) is 4. The van der Waals surface area contributed by atoms with Crippen molar-refractivity contribution in [3.05, 3.63) is 248 Å². The molecule has 0 fully saturated rings. The van der Waals surface area contributed by atoms with Crippen LogP contribution in [0.2, 0.25) is 0 Å².